The van der Waals surface area contributed by atoms with Crippen molar-refractivity contribution in [2.75, 3.05) is 0 Å². The van der Waals surface area contributed by atoms with Crippen molar-refractivity contribution >= 4 is 10.8 Å². The number of nitrogens with zero attached hydrogens (tertiary/aromatic N) is 1. The number of benzene rings is 3. The number of hydrogen-bond acceptors (Lipinski definition) is 1. The van der Waals surface area contributed by atoms with Crippen molar-refractivity contribution in [3.8, 4) is 16.8 Å². The molecule has 0 N–H and O–H groups in total. The fourth-order valence-corrected chi connectivity index (χ4v) is 2.96. The van der Waals surface area contributed by atoms with Crippen LogP contribution in [0.25, 0.3) is 27.6 Å². The number of rotatable bonds is 2. The molecule has 0 unspecified atom stereocenters. The molecule has 1 aromatic heterocycles. The Kier molecular flexibility index (Phi) is 3.47. The number of hydrogen-bond donors (Lipinski definition) is 0. The zero-order valence-electron chi connectivity index (χ0n) is 12.8. The van der Waals surface area contributed by atoms with Gasteiger partial charge < -0.3 is 0 Å². The summed E-state index contributed by atoms with van der Waals surface area (Å²) in [5.74, 6) is -0.367. The molecule has 116 valence electrons. The summed E-state index contributed by atoms with van der Waals surface area (Å²) < 4.78 is 15.1. The highest BCUT2D eigenvalue weighted by Crippen LogP contribution is 2.27. The first-order valence-electron chi connectivity index (χ1n) is 7.70. The SMILES string of the molecule is O=c1c2ccccc2c(-c2ccccc2)cn1-c1cccc(F)c1. The van der Waals surface area contributed by atoms with Crippen molar-refractivity contribution in [1.29, 1.82) is 0 Å². The van der Waals surface area contributed by atoms with Crippen LogP contribution in [0.4, 0.5) is 4.39 Å². The molecule has 24 heavy (non-hydrogen) atoms. The van der Waals surface area contributed by atoms with E-state index in [0.29, 0.717) is 11.1 Å². The van der Waals surface area contributed by atoms with Gasteiger partial charge in [-0.3, -0.25) is 9.36 Å². The van der Waals surface area contributed by atoms with Gasteiger partial charge >= 0.3 is 0 Å². The summed E-state index contributed by atoms with van der Waals surface area (Å²) in [6.07, 6.45) is 1.79. The summed E-state index contributed by atoms with van der Waals surface area (Å²) >= 11 is 0. The molecular weight excluding hydrogens is 301 g/mol. The van der Waals surface area contributed by atoms with Crippen LogP contribution >= 0.6 is 0 Å². The van der Waals surface area contributed by atoms with Crippen LogP contribution in [0, 0.1) is 5.82 Å². The maximum absolute atomic E-state index is 13.6. The van der Waals surface area contributed by atoms with Gasteiger partial charge in [-0.25, -0.2) is 4.39 Å². The molecule has 4 aromatic rings. The van der Waals surface area contributed by atoms with Crippen LogP contribution in [-0.4, -0.2) is 4.57 Å². The monoisotopic (exact) mass is 315 g/mol. The summed E-state index contributed by atoms with van der Waals surface area (Å²) in [5, 5.41) is 1.50. The highest BCUT2D eigenvalue weighted by molar-refractivity contribution is 5.96. The van der Waals surface area contributed by atoms with E-state index in [2.05, 4.69) is 0 Å². The van der Waals surface area contributed by atoms with Crippen LogP contribution in [0.2, 0.25) is 0 Å². The van der Waals surface area contributed by atoms with Gasteiger partial charge in [0.1, 0.15) is 5.82 Å². The van der Waals surface area contributed by atoms with Crippen molar-refractivity contribution in [3.63, 3.8) is 0 Å². The van der Waals surface area contributed by atoms with E-state index in [-0.39, 0.29) is 11.4 Å². The minimum absolute atomic E-state index is 0.157. The van der Waals surface area contributed by atoms with E-state index in [1.54, 1.807) is 24.4 Å². The number of fused-ring (bicyclic) bond motifs is 1. The molecule has 0 bridgehead atoms. The second-order valence-corrected chi connectivity index (χ2v) is 5.61. The Labute approximate surface area is 138 Å². The van der Waals surface area contributed by atoms with Crippen molar-refractivity contribution in [3.05, 3.63) is 101 Å². The van der Waals surface area contributed by atoms with Crippen LogP contribution in [-0.2, 0) is 0 Å². The lowest BCUT2D eigenvalue weighted by Gasteiger charge is -2.13. The molecule has 0 saturated carbocycles. The lowest BCUT2D eigenvalue weighted by atomic mass is 10.0. The summed E-state index contributed by atoms with van der Waals surface area (Å²) in [7, 11) is 0. The Morgan fingerprint density at radius 2 is 1.46 bits per heavy atom. The van der Waals surface area contributed by atoms with E-state index >= 15 is 0 Å². The Morgan fingerprint density at radius 1 is 0.750 bits per heavy atom. The van der Waals surface area contributed by atoms with E-state index in [1.165, 1.54) is 16.7 Å². The molecule has 0 saturated heterocycles. The zero-order valence-corrected chi connectivity index (χ0v) is 12.8. The smallest absolute Gasteiger partial charge is 0.262 e. The molecule has 0 radical (unpaired) electrons. The zero-order chi connectivity index (χ0) is 16.5. The van der Waals surface area contributed by atoms with Crippen molar-refractivity contribution in [1.82, 2.24) is 4.57 Å². The molecule has 0 aliphatic carbocycles. The third kappa shape index (κ3) is 2.40. The van der Waals surface area contributed by atoms with E-state index in [4.69, 9.17) is 0 Å². The quantitative estimate of drug-likeness (QED) is 0.521. The largest absolute Gasteiger partial charge is 0.283 e. The third-order valence-corrected chi connectivity index (χ3v) is 4.10. The van der Waals surface area contributed by atoms with Gasteiger partial charge in [-0.1, -0.05) is 54.6 Å². The van der Waals surface area contributed by atoms with Crippen LogP contribution in [0.3, 0.4) is 0 Å². The Hall–Kier alpha value is -3.20. The lowest BCUT2D eigenvalue weighted by Crippen LogP contribution is -2.18. The van der Waals surface area contributed by atoms with Crippen LogP contribution in [0.5, 0.6) is 0 Å². The van der Waals surface area contributed by atoms with E-state index in [1.807, 2.05) is 48.5 Å². The van der Waals surface area contributed by atoms with Gasteiger partial charge in [-0.2, -0.15) is 0 Å². The highest BCUT2D eigenvalue weighted by Gasteiger charge is 2.11. The van der Waals surface area contributed by atoms with E-state index in [0.717, 1.165) is 16.5 Å². The fourth-order valence-electron chi connectivity index (χ4n) is 2.96. The second-order valence-electron chi connectivity index (χ2n) is 5.61. The minimum atomic E-state index is -0.367. The molecule has 0 aliphatic rings. The van der Waals surface area contributed by atoms with Gasteiger partial charge in [0.25, 0.3) is 5.56 Å². The Balaban J connectivity index is 2.09. The minimum Gasteiger partial charge on any atom is -0.283 e. The van der Waals surface area contributed by atoms with E-state index in [9.17, 15) is 9.18 Å². The van der Waals surface area contributed by atoms with Gasteiger partial charge in [0.15, 0.2) is 0 Å². The number of pyridine rings is 1. The molecular formula is C21H14FNO. The maximum Gasteiger partial charge on any atom is 0.262 e. The molecule has 4 rings (SSSR count). The average molecular weight is 315 g/mol. The van der Waals surface area contributed by atoms with Gasteiger partial charge in [0.2, 0.25) is 0 Å². The first-order chi connectivity index (χ1) is 11.7. The fraction of sp³-hybridized carbons (Fsp3) is 0. The molecule has 0 atom stereocenters. The van der Waals surface area contributed by atoms with Crippen molar-refractivity contribution in [2.45, 2.75) is 0 Å². The molecule has 0 aliphatic heterocycles. The van der Waals surface area contributed by atoms with Gasteiger partial charge in [0.05, 0.1) is 5.69 Å². The van der Waals surface area contributed by atoms with Crippen molar-refractivity contribution in [2.24, 2.45) is 0 Å². The number of aromatic nitrogens is 1. The van der Waals surface area contributed by atoms with Gasteiger partial charge in [0, 0.05) is 17.1 Å². The maximum atomic E-state index is 13.6. The number of halogens is 1. The second kappa shape index (κ2) is 5.78. The van der Waals surface area contributed by atoms with Crippen LogP contribution in [0.1, 0.15) is 0 Å². The summed E-state index contributed by atoms with van der Waals surface area (Å²) in [5.41, 5.74) is 2.31. The Morgan fingerprint density at radius 3 is 2.21 bits per heavy atom. The molecule has 2 nitrogen and oxygen atoms in total. The van der Waals surface area contributed by atoms with Gasteiger partial charge in [-0.05, 0) is 35.2 Å². The summed E-state index contributed by atoms with van der Waals surface area (Å²) in [6, 6.07) is 23.5. The van der Waals surface area contributed by atoms with Crippen LogP contribution < -0.4 is 5.56 Å². The molecule has 3 heteroatoms. The summed E-state index contributed by atoms with van der Waals surface area (Å²) in [4.78, 5) is 12.9. The first kappa shape index (κ1) is 14.4. The topological polar surface area (TPSA) is 22.0 Å². The molecule has 0 amide bonds. The molecule has 0 fully saturated rings. The highest BCUT2D eigenvalue weighted by atomic mass is 19.1. The summed E-state index contributed by atoms with van der Waals surface area (Å²) in [6.45, 7) is 0. The molecule has 1 heterocycles. The molecule has 3 aromatic carbocycles. The predicted molar refractivity (Wildman–Crippen MR) is 94.9 cm³/mol. The van der Waals surface area contributed by atoms with E-state index < -0.39 is 0 Å². The lowest BCUT2D eigenvalue weighted by molar-refractivity contribution is 0.626. The first-order valence-corrected chi connectivity index (χ1v) is 7.70. The average Bonchev–Trinajstić information content (AvgIpc) is 2.63. The normalized spacial score (nSPS) is 10.9. The van der Waals surface area contributed by atoms with Crippen molar-refractivity contribution < 1.29 is 4.39 Å². The van der Waals surface area contributed by atoms with Gasteiger partial charge in [-0.15, -0.1) is 0 Å². The Bertz CT molecular complexity index is 1080. The van der Waals surface area contributed by atoms with Crippen LogP contribution in [0.15, 0.2) is 89.9 Å². The predicted octanol–water partition coefficient (Wildman–Crippen LogP) is 4.80. The standard InChI is InChI=1S/C21H14FNO/c22-16-9-6-10-17(13-16)23-14-20(15-7-2-1-3-8-15)18-11-4-5-12-19(18)21(23)24/h1-14H. The third-order valence-electron chi connectivity index (χ3n) is 4.10. The molecule has 0 spiro atoms.